The van der Waals surface area contributed by atoms with Crippen molar-refractivity contribution in [1.82, 2.24) is 5.32 Å². The lowest BCUT2D eigenvalue weighted by atomic mass is 9.69. The fourth-order valence-electron chi connectivity index (χ4n) is 2.44. The van der Waals surface area contributed by atoms with Crippen molar-refractivity contribution in [2.24, 2.45) is 0 Å². The Kier molecular flexibility index (Phi) is 2.81. The van der Waals surface area contributed by atoms with Crippen LogP contribution in [0.3, 0.4) is 0 Å². The average molecular weight is 300 g/mol. The van der Waals surface area contributed by atoms with Crippen LogP contribution in [0.4, 0.5) is 4.39 Å². The van der Waals surface area contributed by atoms with E-state index in [1.54, 1.807) is 6.07 Å². The Morgan fingerprint density at radius 1 is 1.35 bits per heavy atom. The zero-order valence-electron chi connectivity index (χ0n) is 10.1. The number of amides is 1. The van der Waals surface area contributed by atoms with Crippen molar-refractivity contribution in [3.63, 3.8) is 0 Å². The van der Waals surface area contributed by atoms with Crippen molar-refractivity contribution in [3.05, 3.63) is 34.1 Å². The summed E-state index contributed by atoms with van der Waals surface area (Å²) in [7, 11) is 0. The van der Waals surface area contributed by atoms with E-state index in [1.807, 2.05) is 20.8 Å². The van der Waals surface area contributed by atoms with E-state index in [0.717, 1.165) is 5.56 Å². The van der Waals surface area contributed by atoms with Gasteiger partial charge in [0.15, 0.2) is 0 Å². The predicted molar refractivity (Wildman–Crippen MR) is 68.3 cm³/mol. The van der Waals surface area contributed by atoms with E-state index < -0.39 is 0 Å². The van der Waals surface area contributed by atoms with Crippen LogP contribution in [0.1, 0.15) is 32.8 Å². The second kappa shape index (κ2) is 3.80. The summed E-state index contributed by atoms with van der Waals surface area (Å²) in [5.74, 6) is -0.243. The summed E-state index contributed by atoms with van der Waals surface area (Å²) < 4.78 is 13.8. The highest BCUT2D eigenvalue weighted by molar-refractivity contribution is 9.10. The summed E-state index contributed by atoms with van der Waals surface area (Å²) in [6, 6.07) is 4.63. The second-order valence-electron chi connectivity index (χ2n) is 5.31. The summed E-state index contributed by atoms with van der Waals surface area (Å²) in [6.45, 7) is 6.02. The van der Waals surface area contributed by atoms with Crippen LogP contribution in [0.5, 0.6) is 0 Å². The van der Waals surface area contributed by atoms with Crippen LogP contribution in [0.25, 0.3) is 0 Å². The molecule has 17 heavy (non-hydrogen) atoms. The Bertz CT molecular complexity index is 486. The van der Waals surface area contributed by atoms with E-state index in [4.69, 9.17) is 0 Å². The van der Waals surface area contributed by atoms with Gasteiger partial charge < -0.3 is 5.32 Å². The minimum atomic E-state index is -0.343. The lowest BCUT2D eigenvalue weighted by Gasteiger charge is -2.38. The maximum atomic E-state index is 13.1. The van der Waals surface area contributed by atoms with Gasteiger partial charge in [-0.2, -0.15) is 0 Å². The fraction of sp³-hybridized carbons (Fsp3) is 0.462. The highest BCUT2D eigenvalue weighted by Gasteiger charge is 2.50. The van der Waals surface area contributed by atoms with Crippen LogP contribution < -0.4 is 5.32 Å². The molecule has 1 unspecified atom stereocenters. The summed E-state index contributed by atoms with van der Waals surface area (Å²) in [4.78, 5) is 11.6. The molecule has 4 heteroatoms. The zero-order valence-corrected chi connectivity index (χ0v) is 11.7. The standard InChI is InChI=1S/C13H15BrFNO/c1-12(2)13(3,7-11(17)16-12)9-5-4-8(15)6-10(9)14/h4-6H,7H2,1-3H3,(H,16,17). The molecule has 92 valence electrons. The van der Waals surface area contributed by atoms with E-state index in [-0.39, 0.29) is 22.7 Å². The third-order valence-corrected chi connectivity index (χ3v) is 4.53. The molecule has 1 heterocycles. The van der Waals surface area contributed by atoms with Crippen molar-refractivity contribution >= 4 is 21.8 Å². The molecule has 2 nitrogen and oxygen atoms in total. The Labute approximate surface area is 109 Å². The SMILES string of the molecule is CC1(C)NC(=O)CC1(C)c1ccc(F)cc1Br. The van der Waals surface area contributed by atoms with Gasteiger partial charge in [0.25, 0.3) is 0 Å². The summed E-state index contributed by atoms with van der Waals surface area (Å²) in [5.41, 5.74) is 0.281. The largest absolute Gasteiger partial charge is 0.350 e. The molecule has 1 aliphatic rings. The molecule has 1 saturated heterocycles. The number of benzene rings is 1. The third kappa shape index (κ3) is 1.88. The molecule has 1 atom stereocenters. The number of rotatable bonds is 1. The van der Waals surface area contributed by atoms with Crippen molar-refractivity contribution in [3.8, 4) is 0 Å². The molecule has 0 aliphatic carbocycles. The topological polar surface area (TPSA) is 29.1 Å². The molecule has 1 aromatic rings. The van der Waals surface area contributed by atoms with Crippen LogP contribution in [0.2, 0.25) is 0 Å². The van der Waals surface area contributed by atoms with E-state index >= 15 is 0 Å². The van der Waals surface area contributed by atoms with Crippen LogP contribution >= 0.6 is 15.9 Å². The minimum Gasteiger partial charge on any atom is -0.350 e. The maximum Gasteiger partial charge on any atom is 0.221 e. The van der Waals surface area contributed by atoms with Crippen LogP contribution in [0.15, 0.2) is 22.7 Å². The minimum absolute atomic E-state index is 0.0359. The molecule has 1 aromatic carbocycles. The van der Waals surface area contributed by atoms with Gasteiger partial charge in [-0.3, -0.25) is 4.79 Å². The van der Waals surface area contributed by atoms with E-state index in [2.05, 4.69) is 21.2 Å². The maximum absolute atomic E-state index is 13.1. The van der Waals surface area contributed by atoms with E-state index in [0.29, 0.717) is 10.9 Å². The molecule has 0 saturated carbocycles. The van der Waals surface area contributed by atoms with Crippen LogP contribution in [-0.2, 0) is 10.2 Å². The molecule has 0 radical (unpaired) electrons. The number of hydrogen-bond acceptors (Lipinski definition) is 1. The molecule has 1 fully saturated rings. The van der Waals surface area contributed by atoms with Gasteiger partial charge in [0.05, 0.1) is 0 Å². The van der Waals surface area contributed by atoms with E-state index in [1.165, 1.54) is 12.1 Å². The number of nitrogens with one attached hydrogen (secondary N) is 1. The molecule has 0 spiro atoms. The Balaban J connectivity index is 2.55. The molecule has 0 aromatic heterocycles. The summed E-state index contributed by atoms with van der Waals surface area (Å²) in [5, 5.41) is 2.97. The Morgan fingerprint density at radius 3 is 2.47 bits per heavy atom. The van der Waals surface area contributed by atoms with Gasteiger partial charge >= 0.3 is 0 Å². The summed E-state index contributed by atoms with van der Waals surface area (Å²) >= 11 is 3.38. The molecular weight excluding hydrogens is 285 g/mol. The number of hydrogen-bond donors (Lipinski definition) is 1. The monoisotopic (exact) mass is 299 g/mol. The molecule has 1 aliphatic heterocycles. The normalized spacial score (nSPS) is 27.0. The molecule has 0 bridgehead atoms. The van der Waals surface area contributed by atoms with Gasteiger partial charge in [0, 0.05) is 21.8 Å². The van der Waals surface area contributed by atoms with Crippen molar-refractivity contribution in [1.29, 1.82) is 0 Å². The zero-order chi connectivity index (χ0) is 12.8. The number of halogens is 2. The van der Waals surface area contributed by atoms with Gasteiger partial charge in [-0.15, -0.1) is 0 Å². The third-order valence-electron chi connectivity index (χ3n) is 3.87. The van der Waals surface area contributed by atoms with E-state index in [9.17, 15) is 9.18 Å². The van der Waals surface area contributed by atoms with Gasteiger partial charge in [-0.05, 0) is 31.5 Å². The first-order valence-corrected chi connectivity index (χ1v) is 6.32. The quantitative estimate of drug-likeness (QED) is 0.848. The first-order chi connectivity index (χ1) is 7.76. The van der Waals surface area contributed by atoms with Gasteiger partial charge in [-0.25, -0.2) is 4.39 Å². The summed E-state index contributed by atoms with van der Waals surface area (Å²) in [6.07, 6.45) is 0.421. The smallest absolute Gasteiger partial charge is 0.221 e. The molecule has 1 N–H and O–H groups in total. The number of carbonyl (C=O) groups is 1. The van der Waals surface area contributed by atoms with Crippen molar-refractivity contribution < 1.29 is 9.18 Å². The highest BCUT2D eigenvalue weighted by atomic mass is 79.9. The predicted octanol–water partition coefficient (Wildman–Crippen LogP) is 3.14. The van der Waals surface area contributed by atoms with Crippen LogP contribution in [-0.4, -0.2) is 11.4 Å². The Hall–Kier alpha value is -0.900. The first kappa shape index (κ1) is 12.6. The average Bonchev–Trinajstić information content (AvgIpc) is 2.34. The van der Waals surface area contributed by atoms with Crippen LogP contribution in [0, 0.1) is 5.82 Å². The number of carbonyl (C=O) groups excluding carboxylic acids is 1. The molecular formula is C13H15BrFNO. The Morgan fingerprint density at radius 2 is 2.00 bits per heavy atom. The second-order valence-corrected chi connectivity index (χ2v) is 6.16. The van der Waals surface area contributed by atoms with Crippen molar-refractivity contribution in [2.45, 2.75) is 38.1 Å². The van der Waals surface area contributed by atoms with Gasteiger partial charge in [0.1, 0.15) is 5.82 Å². The highest BCUT2D eigenvalue weighted by Crippen LogP contribution is 2.45. The van der Waals surface area contributed by atoms with Crippen molar-refractivity contribution in [2.75, 3.05) is 0 Å². The fourth-order valence-corrected chi connectivity index (χ4v) is 3.23. The molecule has 1 amide bonds. The van der Waals surface area contributed by atoms with Gasteiger partial charge in [0.2, 0.25) is 5.91 Å². The lowest BCUT2D eigenvalue weighted by molar-refractivity contribution is -0.119. The molecule has 2 rings (SSSR count). The lowest BCUT2D eigenvalue weighted by Crippen LogP contribution is -2.48. The first-order valence-electron chi connectivity index (χ1n) is 5.53. The van der Waals surface area contributed by atoms with Gasteiger partial charge in [-0.1, -0.05) is 28.9 Å².